The van der Waals surface area contributed by atoms with E-state index in [1.807, 2.05) is 0 Å². The van der Waals surface area contributed by atoms with E-state index in [0.29, 0.717) is 0 Å². The van der Waals surface area contributed by atoms with Crippen LogP contribution in [0.4, 0.5) is 0 Å². The Bertz CT molecular complexity index is 366. The first-order chi connectivity index (χ1) is 8.29. The molecule has 4 heteroatoms. The van der Waals surface area contributed by atoms with Crippen LogP contribution in [0.3, 0.4) is 0 Å². The molecular formula is C13H20N3S+. The van der Waals surface area contributed by atoms with E-state index in [4.69, 9.17) is 12.2 Å². The summed E-state index contributed by atoms with van der Waals surface area (Å²) < 4.78 is 0. The first-order valence-corrected chi connectivity index (χ1v) is 6.60. The van der Waals surface area contributed by atoms with Crippen molar-refractivity contribution in [3.8, 4) is 0 Å². The smallest absolute Gasteiger partial charge is 0.177 e. The number of thiocarbonyl (C=S) groups is 1. The number of nitrogens with one attached hydrogen (secondary N) is 2. The molecule has 0 saturated carbocycles. The van der Waals surface area contributed by atoms with Crippen LogP contribution in [0, 0.1) is 0 Å². The molecule has 2 rings (SSSR count). The van der Waals surface area contributed by atoms with Crippen molar-refractivity contribution in [2.45, 2.75) is 13.3 Å². The molecular weight excluding hydrogens is 230 g/mol. The molecule has 0 aromatic heterocycles. The average molecular weight is 250 g/mol. The fraction of sp³-hybridized carbons (Fsp3) is 0.462. The van der Waals surface area contributed by atoms with Crippen LogP contribution < -0.4 is 10.2 Å². The maximum absolute atomic E-state index is 5.26. The van der Waals surface area contributed by atoms with E-state index < -0.39 is 0 Å². The summed E-state index contributed by atoms with van der Waals surface area (Å²) in [7, 11) is 0. The van der Waals surface area contributed by atoms with Crippen LogP contribution in [0.1, 0.15) is 12.5 Å². The first-order valence-electron chi connectivity index (χ1n) is 6.20. The van der Waals surface area contributed by atoms with Gasteiger partial charge >= 0.3 is 0 Å². The Morgan fingerprint density at radius 2 is 2.12 bits per heavy atom. The molecule has 1 saturated heterocycles. The topological polar surface area (TPSA) is 19.7 Å². The molecule has 0 aliphatic carbocycles. The quantitative estimate of drug-likeness (QED) is 0.747. The summed E-state index contributed by atoms with van der Waals surface area (Å²) in [5.74, 6) is 0. The van der Waals surface area contributed by atoms with Gasteiger partial charge in [0.05, 0.1) is 6.54 Å². The predicted molar refractivity (Wildman–Crippen MR) is 73.8 cm³/mol. The largest absolute Gasteiger partial charge is 0.316 e. The van der Waals surface area contributed by atoms with Gasteiger partial charge in [-0.1, -0.05) is 30.3 Å². The Labute approximate surface area is 108 Å². The molecule has 1 heterocycles. The molecule has 1 aliphatic heterocycles. The third-order valence-corrected chi connectivity index (χ3v) is 3.59. The molecule has 1 unspecified atom stereocenters. The summed E-state index contributed by atoms with van der Waals surface area (Å²) in [5.41, 5.74) is 1.41. The van der Waals surface area contributed by atoms with Crippen molar-refractivity contribution >= 4 is 17.3 Å². The third kappa shape index (κ3) is 3.41. The van der Waals surface area contributed by atoms with Gasteiger partial charge in [0.15, 0.2) is 18.4 Å². The van der Waals surface area contributed by atoms with Gasteiger partial charge in [-0.2, -0.15) is 0 Å². The first kappa shape index (κ1) is 12.3. The van der Waals surface area contributed by atoms with E-state index in [2.05, 4.69) is 47.5 Å². The second-order valence-electron chi connectivity index (χ2n) is 4.41. The molecule has 0 bridgehead atoms. The lowest BCUT2D eigenvalue weighted by atomic mass is 10.1. The Morgan fingerprint density at radius 3 is 2.82 bits per heavy atom. The molecule has 17 heavy (non-hydrogen) atoms. The summed E-state index contributed by atoms with van der Waals surface area (Å²) in [4.78, 5) is 3.77. The molecule has 1 aromatic rings. The molecule has 1 atom stereocenters. The minimum Gasteiger partial charge on any atom is -0.316 e. The standard InChI is InChI=1S/C13H19N3S/c1-2-16-11-15(10-14-13(16)17)9-8-12-6-4-3-5-7-12/h3-7H,2,8-11H2,1H3,(H,14,17)/p+1. The van der Waals surface area contributed by atoms with Crippen LogP contribution in [-0.2, 0) is 6.42 Å². The van der Waals surface area contributed by atoms with Crippen molar-refractivity contribution in [1.29, 1.82) is 0 Å². The van der Waals surface area contributed by atoms with Gasteiger partial charge in [0, 0.05) is 13.0 Å². The fourth-order valence-electron chi connectivity index (χ4n) is 2.10. The van der Waals surface area contributed by atoms with Crippen LogP contribution >= 0.6 is 12.2 Å². The number of rotatable bonds is 4. The van der Waals surface area contributed by atoms with Gasteiger partial charge in [0.1, 0.15) is 0 Å². The second-order valence-corrected chi connectivity index (χ2v) is 4.80. The Hall–Kier alpha value is -1.13. The van der Waals surface area contributed by atoms with Crippen molar-refractivity contribution in [3.63, 3.8) is 0 Å². The molecule has 1 aromatic carbocycles. The maximum atomic E-state index is 5.26. The molecule has 1 fully saturated rings. The number of benzene rings is 1. The molecule has 3 nitrogen and oxygen atoms in total. The van der Waals surface area contributed by atoms with Crippen LogP contribution in [0.15, 0.2) is 30.3 Å². The summed E-state index contributed by atoms with van der Waals surface area (Å²) in [5, 5.41) is 4.19. The van der Waals surface area contributed by atoms with Crippen molar-refractivity contribution < 1.29 is 4.90 Å². The van der Waals surface area contributed by atoms with Crippen LogP contribution in [0.5, 0.6) is 0 Å². The number of nitrogens with zero attached hydrogens (tertiary/aromatic N) is 1. The van der Waals surface area contributed by atoms with Gasteiger partial charge in [-0.25, -0.2) is 0 Å². The predicted octanol–water partition coefficient (Wildman–Crippen LogP) is 0.239. The third-order valence-electron chi connectivity index (χ3n) is 3.18. The van der Waals surface area contributed by atoms with Gasteiger partial charge in [-0.05, 0) is 24.7 Å². The van der Waals surface area contributed by atoms with Gasteiger partial charge in [0.2, 0.25) is 0 Å². The highest BCUT2D eigenvalue weighted by atomic mass is 32.1. The van der Waals surface area contributed by atoms with Gasteiger partial charge in [-0.15, -0.1) is 0 Å². The zero-order valence-corrected chi connectivity index (χ0v) is 11.1. The fourth-order valence-corrected chi connectivity index (χ4v) is 2.36. The molecule has 0 spiro atoms. The SMILES string of the molecule is CCN1C[NH+](CCc2ccccc2)CNC1=S. The lowest BCUT2D eigenvalue weighted by Crippen LogP contribution is -3.17. The lowest BCUT2D eigenvalue weighted by molar-refractivity contribution is -0.913. The van der Waals surface area contributed by atoms with E-state index in [-0.39, 0.29) is 0 Å². The normalized spacial score (nSPS) is 20.2. The zero-order valence-electron chi connectivity index (χ0n) is 10.3. The zero-order chi connectivity index (χ0) is 12.1. The van der Waals surface area contributed by atoms with E-state index in [0.717, 1.165) is 38.0 Å². The van der Waals surface area contributed by atoms with Crippen LogP contribution in [0.2, 0.25) is 0 Å². The highest BCUT2D eigenvalue weighted by Gasteiger charge is 2.21. The minimum absolute atomic E-state index is 0.899. The Kier molecular flexibility index (Phi) is 4.34. The summed E-state index contributed by atoms with van der Waals surface area (Å²) in [6, 6.07) is 10.7. The molecule has 0 amide bonds. The van der Waals surface area contributed by atoms with E-state index in [1.165, 1.54) is 5.56 Å². The second kappa shape index (κ2) is 5.98. The molecule has 92 valence electrons. The number of hydrogen-bond acceptors (Lipinski definition) is 1. The number of quaternary nitrogens is 1. The Morgan fingerprint density at radius 1 is 1.35 bits per heavy atom. The lowest BCUT2D eigenvalue weighted by Gasteiger charge is -2.34. The monoisotopic (exact) mass is 250 g/mol. The summed E-state index contributed by atoms with van der Waals surface area (Å²) in [6.45, 7) is 6.25. The summed E-state index contributed by atoms with van der Waals surface area (Å²) >= 11 is 5.26. The summed E-state index contributed by atoms with van der Waals surface area (Å²) in [6.07, 6.45) is 1.13. The van der Waals surface area contributed by atoms with Crippen molar-refractivity contribution in [1.82, 2.24) is 10.2 Å². The number of hydrogen-bond donors (Lipinski definition) is 2. The van der Waals surface area contributed by atoms with E-state index in [9.17, 15) is 0 Å². The van der Waals surface area contributed by atoms with E-state index in [1.54, 1.807) is 4.90 Å². The van der Waals surface area contributed by atoms with Gasteiger partial charge < -0.3 is 15.1 Å². The van der Waals surface area contributed by atoms with Crippen LogP contribution in [0.25, 0.3) is 0 Å². The van der Waals surface area contributed by atoms with Gasteiger partial charge in [0.25, 0.3) is 0 Å². The highest BCUT2D eigenvalue weighted by Crippen LogP contribution is 1.97. The van der Waals surface area contributed by atoms with Crippen molar-refractivity contribution in [2.24, 2.45) is 0 Å². The molecule has 1 aliphatic rings. The Balaban J connectivity index is 1.82. The molecule has 0 radical (unpaired) electrons. The minimum atomic E-state index is 0.899. The van der Waals surface area contributed by atoms with Crippen molar-refractivity contribution in [2.75, 3.05) is 26.4 Å². The van der Waals surface area contributed by atoms with Crippen LogP contribution in [-0.4, -0.2) is 36.4 Å². The average Bonchev–Trinajstić information content (AvgIpc) is 2.39. The van der Waals surface area contributed by atoms with Crippen molar-refractivity contribution in [3.05, 3.63) is 35.9 Å². The van der Waals surface area contributed by atoms with Gasteiger partial charge in [-0.3, -0.25) is 0 Å². The maximum Gasteiger partial charge on any atom is 0.177 e. The highest BCUT2D eigenvalue weighted by molar-refractivity contribution is 7.80. The molecule has 2 N–H and O–H groups in total. The van der Waals surface area contributed by atoms with E-state index >= 15 is 0 Å².